The number of fused-ring (bicyclic) bond motifs is 1. The van der Waals surface area contributed by atoms with E-state index in [1.807, 2.05) is 11.8 Å². The molecule has 124 valence electrons. The SMILES string of the molecule is Cn1c(=O)c2c(nc(N3CCCCC3)n2C2CSC2)n(C)c1=O. The summed E-state index contributed by atoms with van der Waals surface area (Å²) in [6.07, 6.45) is 3.55. The zero-order valence-corrected chi connectivity index (χ0v) is 14.3. The van der Waals surface area contributed by atoms with E-state index in [1.54, 1.807) is 7.05 Å². The summed E-state index contributed by atoms with van der Waals surface area (Å²) in [7, 11) is 3.23. The molecule has 0 atom stereocenters. The van der Waals surface area contributed by atoms with Gasteiger partial charge in [0.2, 0.25) is 5.95 Å². The molecule has 2 aromatic heterocycles. The lowest BCUT2D eigenvalue weighted by Gasteiger charge is -2.33. The van der Waals surface area contributed by atoms with Crippen molar-refractivity contribution in [3.8, 4) is 0 Å². The number of thioether (sulfide) groups is 1. The van der Waals surface area contributed by atoms with Crippen molar-refractivity contribution in [3.05, 3.63) is 20.8 Å². The van der Waals surface area contributed by atoms with Gasteiger partial charge in [0, 0.05) is 38.7 Å². The molecule has 0 unspecified atom stereocenters. The molecule has 2 aliphatic heterocycles. The molecule has 0 aromatic carbocycles. The Balaban J connectivity index is 2.02. The second kappa shape index (κ2) is 5.43. The van der Waals surface area contributed by atoms with E-state index in [9.17, 15) is 9.59 Å². The number of hydrogen-bond acceptors (Lipinski definition) is 5. The first-order valence-electron chi connectivity index (χ1n) is 8.10. The van der Waals surface area contributed by atoms with Crippen molar-refractivity contribution in [1.82, 2.24) is 18.7 Å². The van der Waals surface area contributed by atoms with Crippen molar-refractivity contribution in [3.63, 3.8) is 0 Å². The summed E-state index contributed by atoms with van der Waals surface area (Å²) in [6, 6.07) is 0.298. The average molecular weight is 335 g/mol. The second-order valence-electron chi connectivity index (χ2n) is 6.40. The monoisotopic (exact) mass is 335 g/mol. The molecule has 2 aliphatic rings. The molecule has 0 spiro atoms. The maximum Gasteiger partial charge on any atom is 0.332 e. The third-order valence-corrected chi connectivity index (χ3v) is 6.14. The summed E-state index contributed by atoms with van der Waals surface area (Å²) in [6.45, 7) is 1.94. The highest BCUT2D eigenvalue weighted by Gasteiger charge is 2.31. The number of anilines is 1. The number of aryl methyl sites for hydroxylation is 1. The number of aromatic nitrogens is 4. The van der Waals surface area contributed by atoms with Crippen LogP contribution in [0.5, 0.6) is 0 Å². The van der Waals surface area contributed by atoms with Gasteiger partial charge in [-0.25, -0.2) is 4.79 Å². The van der Waals surface area contributed by atoms with Crippen LogP contribution < -0.4 is 16.1 Å². The third-order valence-electron chi connectivity index (χ3n) is 4.90. The van der Waals surface area contributed by atoms with Crippen molar-refractivity contribution in [2.45, 2.75) is 25.3 Å². The number of imidazole rings is 1. The highest BCUT2D eigenvalue weighted by Crippen LogP contribution is 2.35. The van der Waals surface area contributed by atoms with E-state index >= 15 is 0 Å². The highest BCUT2D eigenvalue weighted by atomic mass is 32.2. The maximum absolute atomic E-state index is 12.7. The van der Waals surface area contributed by atoms with Crippen LogP contribution in [0.1, 0.15) is 25.3 Å². The van der Waals surface area contributed by atoms with Crippen LogP contribution in [0.15, 0.2) is 9.59 Å². The zero-order valence-electron chi connectivity index (χ0n) is 13.5. The van der Waals surface area contributed by atoms with Crippen LogP contribution in [-0.4, -0.2) is 43.3 Å². The highest BCUT2D eigenvalue weighted by molar-refractivity contribution is 8.00. The van der Waals surface area contributed by atoms with Crippen LogP contribution in [-0.2, 0) is 14.1 Å². The Bertz CT molecular complexity index is 871. The fraction of sp³-hybridized carbons (Fsp3) is 0.667. The molecule has 8 heteroatoms. The molecule has 2 saturated heterocycles. The van der Waals surface area contributed by atoms with Crippen molar-refractivity contribution < 1.29 is 0 Å². The van der Waals surface area contributed by atoms with Gasteiger partial charge < -0.3 is 4.90 Å². The number of rotatable bonds is 2. The first-order chi connectivity index (χ1) is 11.1. The number of nitrogens with zero attached hydrogens (tertiary/aromatic N) is 5. The molecule has 0 radical (unpaired) electrons. The minimum atomic E-state index is -0.319. The van der Waals surface area contributed by atoms with Crippen molar-refractivity contribution in [2.75, 3.05) is 29.5 Å². The van der Waals surface area contributed by atoms with E-state index in [0.717, 1.165) is 43.4 Å². The predicted octanol–water partition coefficient (Wildman–Crippen LogP) is 0.712. The molecular weight excluding hydrogens is 314 g/mol. The zero-order chi connectivity index (χ0) is 16.1. The van der Waals surface area contributed by atoms with Crippen LogP contribution >= 0.6 is 11.8 Å². The summed E-state index contributed by atoms with van der Waals surface area (Å²) < 4.78 is 4.78. The van der Waals surface area contributed by atoms with Crippen molar-refractivity contribution in [1.29, 1.82) is 0 Å². The van der Waals surface area contributed by atoms with Gasteiger partial charge in [0.25, 0.3) is 5.56 Å². The minimum Gasteiger partial charge on any atom is -0.342 e. The van der Waals surface area contributed by atoms with Gasteiger partial charge in [-0.05, 0) is 19.3 Å². The van der Waals surface area contributed by atoms with Crippen molar-refractivity contribution in [2.24, 2.45) is 14.1 Å². The van der Waals surface area contributed by atoms with E-state index in [1.165, 1.54) is 22.6 Å². The number of hydrogen-bond donors (Lipinski definition) is 0. The Morgan fingerprint density at radius 2 is 1.74 bits per heavy atom. The van der Waals surface area contributed by atoms with Gasteiger partial charge >= 0.3 is 5.69 Å². The minimum absolute atomic E-state index is 0.240. The molecule has 4 heterocycles. The fourth-order valence-electron chi connectivity index (χ4n) is 3.44. The first-order valence-corrected chi connectivity index (χ1v) is 9.25. The summed E-state index contributed by atoms with van der Waals surface area (Å²) >= 11 is 1.88. The van der Waals surface area contributed by atoms with Crippen molar-refractivity contribution >= 4 is 28.9 Å². The Labute approximate surface area is 137 Å². The molecule has 2 fully saturated rings. The lowest BCUT2D eigenvalue weighted by Crippen LogP contribution is -2.39. The standard InChI is InChI=1S/C15H21N5O2S/c1-17-12-11(13(21)18(2)15(17)22)20(10-8-23-9-10)14(16-12)19-6-4-3-5-7-19/h10H,3-9H2,1-2H3. The molecule has 0 bridgehead atoms. The number of piperidine rings is 1. The van der Waals surface area contributed by atoms with Gasteiger partial charge in [-0.2, -0.15) is 16.7 Å². The van der Waals surface area contributed by atoms with E-state index in [4.69, 9.17) is 4.98 Å². The van der Waals surface area contributed by atoms with Gasteiger partial charge in [0.15, 0.2) is 11.2 Å². The second-order valence-corrected chi connectivity index (χ2v) is 7.47. The topological polar surface area (TPSA) is 65.1 Å². The van der Waals surface area contributed by atoms with Crippen LogP contribution in [0.2, 0.25) is 0 Å². The lowest BCUT2D eigenvalue weighted by molar-refractivity contribution is 0.536. The van der Waals surface area contributed by atoms with Crippen LogP contribution in [0.25, 0.3) is 11.2 Å². The molecule has 0 saturated carbocycles. The normalized spacial score (nSPS) is 19.3. The molecule has 0 amide bonds. The van der Waals surface area contributed by atoms with Gasteiger partial charge in [-0.15, -0.1) is 0 Å². The predicted molar refractivity (Wildman–Crippen MR) is 92.6 cm³/mol. The lowest BCUT2D eigenvalue weighted by atomic mass is 10.1. The molecule has 0 aliphatic carbocycles. The van der Waals surface area contributed by atoms with E-state index < -0.39 is 0 Å². The van der Waals surface area contributed by atoms with Crippen LogP contribution in [0, 0.1) is 0 Å². The Morgan fingerprint density at radius 1 is 1.04 bits per heavy atom. The molecule has 4 rings (SSSR count). The summed E-state index contributed by atoms with van der Waals surface area (Å²) in [5, 5.41) is 0. The Hall–Kier alpha value is -1.70. The largest absolute Gasteiger partial charge is 0.342 e. The molecule has 7 nitrogen and oxygen atoms in total. The average Bonchev–Trinajstić information content (AvgIpc) is 2.90. The maximum atomic E-state index is 12.7. The van der Waals surface area contributed by atoms with Gasteiger partial charge in [-0.3, -0.25) is 18.5 Å². The van der Waals surface area contributed by atoms with E-state index in [0.29, 0.717) is 17.2 Å². The molecular formula is C15H21N5O2S. The van der Waals surface area contributed by atoms with E-state index in [-0.39, 0.29) is 11.2 Å². The molecule has 0 N–H and O–H groups in total. The van der Waals surface area contributed by atoms with E-state index in [2.05, 4.69) is 9.47 Å². The summed E-state index contributed by atoms with van der Waals surface area (Å²) in [4.78, 5) is 31.9. The third kappa shape index (κ3) is 2.14. The van der Waals surface area contributed by atoms with Gasteiger partial charge in [-0.1, -0.05) is 0 Å². The smallest absolute Gasteiger partial charge is 0.332 e. The fourth-order valence-corrected chi connectivity index (χ4v) is 4.18. The Kier molecular flexibility index (Phi) is 3.51. The first kappa shape index (κ1) is 14.9. The molecule has 23 heavy (non-hydrogen) atoms. The Morgan fingerprint density at radius 3 is 2.35 bits per heavy atom. The quantitative estimate of drug-likeness (QED) is 0.809. The van der Waals surface area contributed by atoms with Gasteiger partial charge in [0.05, 0.1) is 6.04 Å². The summed E-state index contributed by atoms with van der Waals surface area (Å²) in [5.74, 6) is 2.86. The summed E-state index contributed by atoms with van der Waals surface area (Å²) in [5.41, 5.74) is 0.520. The molecule has 2 aromatic rings. The van der Waals surface area contributed by atoms with Crippen LogP contribution in [0.3, 0.4) is 0 Å². The van der Waals surface area contributed by atoms with Gasteiger partial charge in [0.1, 0.15) is 0 Å². The van der Waals surface area contributed by atoms with Crippen LogP contribution in [0.4, 0.5) is 5.95 Å².